The summed E-state index contributed by atoms with van der Waals surface area (Å²) in [7, 11) is 2.06. The van der Waals surface area contributed by atoms with Crippen LogP contribution in [0.2, 0.25) is 0 Å². The van der Waals surface area contributed by atoms with Gasteiger partial charge in [-0.3, -0.25) is 20.2 Å². The van der Waals surface area contributed by atoms with Crippen molar-refractivity contribution in [1.29, 1.82) is 0 Å². The van der Waals surface area contributed by atoms with Gasteiger partial charge in [0.05, 0.1) is 0 Å². The van der Waals surface area contributed by atoms with Crippen LogP contribution in [-0.4, -0.2) is 60.5 Å². The molecule has 0 unspecified atom stereocenters. The molecule has 1 saturated carbocycles. The Kier molecular flexibility index (Phi) is 11.1. The van der Waals surface area contributed by atoms with Crippen LogP contribution in [0.25, 0.3) is 0 Å². The van der Waals surface area contributed by atoms with Crippen LogP contribution in [-0.2, 0) is 15.0 Å². The summed E-state index contributed by atoms with van der Waals surface area (Å²) in [5, 5.41) is 7.59. The van der Waals surface area contributed by atoms with Gasteiger partial charge in [-0.15, -0.1) is 0 Å². The molecule has 0 spiro atoms. The number of nitrogens with one attached hydrogen (secondary N) is 3. The summed E-state index contributed by atoms with van der Waals surface area (Å²) in [6.45, 7) is 4.02. The molecule has 2 aliphatic rings. The van der Waals surface area contributed by atoms with Crippen molar-refractivity contribution in [1.82, 2.24) is 16.0 Å². The zero-order valence-electron chi connectivity index (χ0n) is 17.2. The summed E-state index contributed by atoms with van der Waals surface area (Å²) in [5.41, 5.74) is -0.722. The van der Waals surface area contributed by atoms with Gasteiger partial charge in [0.25, 0.3) is 0 Å². The maximum atomic E-state index is 12.0. The van der Waals surface area contributed by atoms with Gasteiger partial charge in [-0.25, -0.2) is 4.79 Å². The molecule has 1 aromatic rings. The predicted octanol–water partition coefficient (Wildman–Crippen LogP) is 2.62. The molecular formula is C22H34N3NaO3. The third-order valence-electron chi connectivity index (χ3n) is 5.93. The SMILES string of the molecule is CCC1(c2ccccc2)C(=O)NC(=O)NC1=O.CN[C@@H](C)CC1CCCCC1.[NaH]. The predicted molar refractivity (Wildman–Crippen MR) is 117 cm³/mol. The van der Waals surface area contributed by atoms with E-state index >= 15 is 0 Å². The number of carbonyl (C=O) groups is 3. The first kappa shape index (κ1) is 25.8. The number of rotatable bonds is 5. The fraction of sp³-hybridized carbons (Fsp3) is 0.591. The van der Waals surface area contributed by atoms with Gasteiger partial charge in [0, 0.05) is 6.04 Å². The van der Waals surface area contributed by atoms with E-state index in [1.54, 1.807) is 37.3 Å². The van der Waals surface area contributed by atoms with Gasteiger partial charge in [-0.2, -0.15) is 0 Å². The summed E-state index contributed by atoms with van der Waals surface area (Å²) in [6.07, 6.45) is 9.06. The fourth-order valence-electron chi connectivity index (χ4n) is 4.10. The molecule has 3 rings (SSSR count). The van der Waals surface area contributed by atoms with Gasteiger partial charge in [-0.05, 0) is 38.3 Å². The molecule has 1 saturated heterocycles. The van der Waals surface area contributed by atoms with Crippen LogP contribution in [0, 0.1) is 5.92 Å². The molecule has 3 N–H and O–H groups in total. The number of amides is 4. The van der Waals surface area contributed by atoms with E-state index in [1.165, 1.54) is 38.5 Å². The van der Waals surface area contributed by atoms with E-state index < -0.39 is 23.3 Å². The third-order valence-corrected chi connectivity index (χ3v) is 5.93. The first-order valence-corrected chi connectivity index (χ1v) is 10.3. The Hall–Kier alpha value is -1.21. The molecule has 1 aliphatic carbocycles. The van der Waals surface area contributed by atoms with Crippen LogP contribution < -0.4 is 16.0 Å². The van der Waals surface area contributed by atoms with Crippen molar-refractivity contribution in [3.8, 4) is 0 Å². The van der Waals surface area contributed by atoms with E-state index in [2.05, 4.69) is 29.9 Å². The van der Waals surface area contributed by atoms with E-state index in [4.69, 9.17) is 0 Å². The molecule has 1 atom stereocenters. The van der Waals surface area contributed by atoms with Crippen LogP contribution in [0.5, 0.6) is 0 Å². The van der Waals surface area contributed by atoms with Crippen molar-refractivity contribution in [2.24, 2.45) is 5.92 Å². The first-order chi connectivity index (χ1) is 13.4. The van der Waals surface area contributed by atoms with Gasteiger partial charge < -0.3 is 5.32 Å². The second-order valence-corrected chi connectivity index (χ2v) is 7.79. The van der Waals surface area contributed by atoms with E-state index in [1.807, 2.05) is 0 Å². The standard InChI is InChI=1S/C12H12N2O3.C10H21N.Na.H/c1-2-12(8-6-4-3-5-7-8)9(15)13-11(17)14-10(12)16;1-9(11-2)8-10-6-4-3-5-7-10;;/h3-7H,2H2,1H3,(H2,13,14,15,16,17);9-11H,3-8H2,1-2H3;;/t;9-;;/m.0../s1. The van der Waals surface area contributed by atoms with Gasteiger partial charge >= 0.3 is 35.6 Å². The average molecular weight is 412 g/mol. The molecule has 1 aliphatic heterocycles. The quantitative estimate of drug-likeness (QED) is 0.513. The zero-order valence-corrected chi connectivity index (χ0v) is 17.2. The molecule has 0 radical (unpaired) electrons. The van der Waals surface area contributed by atoms with E-state index in [-0.39, 0.29) is 29.6 Å². The maximum absolute atomic E-state index is 12.0. The Labute approximate surface area is 196 Å². The van der Waals surface area contributed by atoms with Crippen molar-refractivity contribution in [3.05, 3.63) is 35.9 Å². The number of benzene rings is 1. The Bertz CT molecular complexity index is 655. The van der Waals surface area contributed by atoms with Crippen molar-refractivity contribution in [3.63, 3.8) is 0 Å². The van der Waals surface area contributed by atoms with Gasteiger partial charge in [0.15, 0.2) is 5.41 Å². The fourth-order valence-corrected chi connectivity index (χ4v) is 4.10. The molecule has 1 heterocycles. The van der Waals surface area contributed by atoms with Crippen LogP contribution in [0.1, 0.15) is 64.4 Å². The number of urea groups is 1. The van der Waals surface area contributed by atoms with E-state index in [0.29, 0.717) is 12.0 Å². The van der Waals surface area contributed by atoms with Crippen molar-refractivity contribution in [2.75, 3.05) is 7.05 Å². The van der Waals surface area contributed by atoms with Crippen LogP contribution in [0.4, 0.5) is 4.79 Å². The van der Waals surface area contributed by atoms with Crippen molar-refractivity contribution in [2.45, 2.75) is 70.3 Å². The number of hydrogen-bond acceptors (Lipinski definition) is 4. The number of imide groups is 2. The normalized spacial score (nSPS) is 19.8. The molecule has 0 aromatic heterocycles. The summed E-state index contributed by atoms with van der Waals surface area (Å²) in [4.78, 5) is 35.0. The van der Waals surface area contributed by atoms with E-state index in [0.717, 1.165) is 12.0 Å². The van der Waals surface area contributed by atoms with E-state index in [9.17, 15) is 14.4 Å². The molecule has 2 fully saturated rings. The summed E-state index contributed by atoms with van der Waals surface area (Å²) in [5.74, 6) is -0.119. The molecule has 1 aromatic carbocycles. The number of barbiturate groups is 1. The second kappa shape index (κ2) is 12.5. The summed E-state index contributed by atoms with van der Waals surface area (Å²) in [6, 6.07) is 8.68. The van der Waals surface area contributed by atoms with Crippen molar-refractivity contribution < 1.29 is 14.4 Å². The van der Waals surface area contributed by atoms with Crippen LogP contribution in [0.3, 0.4) is 0 Å². The second-order valence-electron chi connectivity index (χ2n) is 7.79. The minimum atomic E-state index is -1.31. The van der Waals surface area contributed by atoms with Crippen LogP contribution >= 0.6 is 0 Å². The minimum absolute atomic E-state index is 0. The topological polar surface area (TPSA) is 87.3 Å². The monoisotopic (exact) mass is 411 g/mol. The Morgan fingerprint density at radius 3 is 2.07 bits per heavy atom. The first-order valence-electron chi connectivity index (χ1n) is 10.3. The summed E-state index contributed by atoms with van der Waals surface area (Å²) < 4.78 is 0. The summed E-state index contributed by atoms with van der Waals surface area (Å²) >= 11 is 0. The molecule has 0 bridgehead atoms. The van der Waals surface area contributed by atoms with Gasteiger partial charge in [0.1, 0.15) is 0 Å². The Morgan fingerprint density at radius 2 is 1.59 bits per heavy atom. The number of carbonyl (C=O) groups excluding carboxylic acids is 3. The molecular weight excluding hydrogens is 377 g/mol. The average Bonchev–Trinajstić information content (AvgIpc) is 2.70. The molecule has 6 nitrogen and oxygen atoms in total. The molecule has 29 heavy (non-hydrogen) atoms. The Balaban J connectivity index is 0.000000306. The van der Waals surface area contributed by atoms with Crippen molar-refractivity contribution >= 4 is 47.4 Å². The third kappa shape index (κ3) is 6.64. The van der Waals surface area contributed by atoms with Gasteiger partial charge in [-0.1, -0.05) is 69.4 Å². The molecule has 7 heteroatoms. The molecule has 4 amide bonds. The zero-order chi connectivity index (χ0) is 20.6. The molecule has 156 valence electrons. The Morgan fingerprint density at radius 1 is 1.03 bits per heavy atom. The van der Waals surface area contributed by atoms with Gasteiger partial charge in [0.2, 0.25) is 11.8 Å². The number of hydrogen-bond donors (Lipinski definition) is 3. The van der Waals surface area contributed by atoms with Crippen LogP contribution in [0.15, 0.2) is 30.3 Å².